The third-order valence-electron chi connectivity index (χ3n) is 1.89. The molecule has 1 aromatic carbocycles. The minimum absolute atomic E-state index is 0.265. The number of rotatable bonds is 5. The zero-order valence-corrected chi connectivity index (χ0v) is 7.84. The zero-order valence-electron chi connectivity index (χ0n) is 7.84. The summed E-state index contributed by atoms with van der Waals surface area (Å²) in [6, 6.07) is 7.58. The number of alkyl halides is 2. The first-order chi connectivity index (χ1) is 6.72. The third kappa shape index (κ3) is 3.81. The van der Waals surface area contributed by atoms with Gasteiger partial charge in [0.25, 0.3) is 6.43 Å². The summed E-state index contributed by atoms with van der Waals surface area (Å²) in [6.07, 6.45) is -2.29. The Labute approximate surface area is 82.1 Å². The van der Waals surface area contributed by atoms with Gasteiger partial charge in [-0.05, 0) is 11.1 Å². The van der Waals surface area contributed by atoms with Gasteiger partial charge in [0.2, 0.25) is 0 Å². The number of nitrogens with two attached hydrogens (primary N) is 1. The summed E-state index contributed by atoms with van der Waals surface area (Å²) in [5, 5.41) is 2.66. The van der Waals surface area contributed by atoms with Gasteiger partial charge in [0.1, 0.15) is 0 Å². The quantitative estimate of drug-likeness (QED) is 0.756. The normalized spacial score (nSPS) is 10.9. The second-order valence-electron chi connectivity index (χ2n) is 3.04. The van der Waals surface area contributed by atoms with Crippen LogP contribution in [0.15, 0.2) is 24.3 Å². The molecule has 0 fully saturated rings. The summed E-state index contributed by atoms with van der Waals surface area (Å²) < 4.78 is 23.6. The molecule has 0 radical (unpaired) electrons. The molecule has 0 amide bonds. The van der Waals surface area contributed by atoms with Crippen molar-refractivity contribution in [2.75, 3.05) is 6.54 Å². The fourth-order valence-electron chi connectivity index (χ4n) is 1.12. The standard InChI is InChI=1S/C10H14F2N2/c11-10(12)7-14-6-9-3-1-8(5-13)2-4-9/h1-4,10,14H,5-7,13H2. The predicted octanol–water partition coefficient (Wildman–Crippen LogP) is 1.50. The lowest BCUT2D eigenvalue weighted by molar-refractivity contribution is 0.145. The highest BCUT2D eigenvalue weighted by Gasteiger charge is 2.00. The molecule has 4 heteroatoms. The van der Waals surface area contributed by atoms with Gasteiger partial charge in [-0.25, -0.2) is 8.78 Å². The van der Waals surface area contributed by atoms with Crippen LogP contribution in [0.4, 0.5) is 8.78 Å². The molecule has 78 valence electrons. The summed E-state index contributed by atoms with van der Waals surface area (Å²) in [5.41, 5.74) is 7.46. The van der Waals surface area contributed by atoms with Gasteiger partial charge in [-0.15, -0.1) is 0 Å². The van der Waals surface area contributed by atoms with Crippen LogP contribution in [0.1, 0.15) is 11.1 Å². The number of halogens is 2. The Balaban J connectivity index is 2.36. The van der Waals surface area contributed by atoms with Gasteiger partial charge < -0.3 is 11.1 Å². The summed E-state index contributed by atoms with van der Waals surface area (Å²) in [6.45, 7) is 0.707. The Bertz CT molecular complexity index is 259. The van der Waals surface area contributed by atoms with Crippen molar-refractivity contribution in [3.8, 4) is 0 Å². The number of hydrogen-bond acceptors (Lipinski definition) is 2. The monoisotopic (exact) mass is 200 g/mol. The molecule has 0 heterocycles. The Morgan fingerprint density at radius 3 is 2.21 bits per heavy atom. The fraction of sp³-hybridized carbons (Fsp3) is 0.400. The molecular weight excluding hydrogens is 186 g/mol. The van der Waals surface area contributed by atoms with Gasteiger partial charge in [0.15, 0.2) is 0 Å². The molecule has 1 rings (SSSR count). The van der Waals surface area contributed by atoms with E-state index < -0.39 is 6.43 Å². The Morgan fingerprint density at radius 2 is 1.71 bits per heavy atom. The van der Waals surface area contributed by atoms with E-state index >= 15 is 0 Å². The summed E-state index contributed by atoms with van der Waals surface area (Å²) in [4.78, 5) is 0. The van der Waals surface area contributed by atoms with E-state index in [9.17, 15) is 8.78 Å². The maximum Gasteiger partial charge on any atom is 0.250 e. The highest BCUT2D eigenvalue weighted by Crippen LogP contribution is 2.03. The van der Waals surface area contributed by atoms with Crippen LogP contribution in [-0.2, 0) is 13.1 Å². The lowest BCUT2D eigenvalue weighted by Crippen LogP contribution is -2.20. The van der Waals surface area contributed by atoms with Crippen molar-refractivity contribution >= 4 is 0 Å². The maximum absolute atomic E-state index is 11.8. The van der Waals surface area contributed by atoms with Gasteiger partial charge in [0.05, 0.1) is 6.54 Å². The van der Waals surface area contributed by atoms with Crippen molar-refractivity contribution in [2.24, 2.45) is 5.73 Å². The molecule has 0 saturated heterocycles. The molecule has 14 heavy (non-hydrogen) atoms. The molecule has 0 aliphatic heterocycles. The summed E-state index contributed by atoms with van der Waals surface area (Å²) in [7, 11) is 0. The van der Waals surface area contributed by atoms with Crippen molar-refractivity contribution in [1.82, 2.24) is 5.32 Å². The van der Waals surface area contributed by atoms with E-state index in [0.29, 0.717) is 13.1 Å². The van der Waals surface area contributed by atoms with E-state index in [1.54, 1.807) is 0 Å². The molecule has 2 nitrogen and oxygen atoms in total. The van der Waals surface area contributed by atoms with Crippen LogP contribution >= 0.6 is 0 Å². The molecule has 0 aliphatic carbocycles. The SMILES string of the molecule is NCc1ccc(CNCC(F)F)cc1. The van der Waals surface area contributed by atoms with Crippen LogP contribution in [-0.4, -0.2) is 13.0 Å². The predicted molar refractivity (Wildman–Crippen MR) is 52.0 cm³/mol. The third-order valence-corrected chi connectivity index (χ3v) is 1.89. The molecular formula is C10H14F2N2. The molecule has 1 aromatic rings. The maximum atomic E-state index is 11.8. The average molecular weight is 200 g/mol. The topological polar surface area (TPSA) is 38.0 Å². The van der Waals surface area contributed by atoms with Gasteiger partial charge in [0, 0.05) is 13.1 Å². The van der Waals surface area contributed by atoms with Crippen LogP contribution < -0.4 is 11.1 Å². The van der Waals surface area contributed by atoms with Crippen molar-refractivity contribution in [3.63, 3.8) is 0 Å². The van der Waals surface area contributed by atoms with E-state index in [2.05, 4.69) is 5.32 Å². The van der Waals surface area contributed by atoms with E-state index in [-0.39, 0.29) is 6.54 Å². The molecule has 0 atom stereocenters. The van der Waals surface area contributed by atoms with Gasteiger partial charge >= 0.3 is 0 Å². The number of nitrogens with one attached hydrogen (secondary N) is 1. The molecule has 3 N–H and O–H groups in total. The van der Waals surface area contributed by atoms with Crippen molar-refractivity contribution in [2.45, 2.75) is 19.5 Å². The van der Waals surface area contributed by atoms with Gasteiger partial charge in [-0.2, -0.15) is 0 Å². The van der Waals surface area contributed by atoms with Crippen LogP contribution in [0.5, 0.6) is 0 Å². The molecule has 0 bridgehead atoms. The van der Waals surface area contributed by atoms with E-state index in [1.807, 2.05) is 24.3 Å². The van der Waals surface area contributed by atoms with Crippen molar-refractivity contribution in [3.05, 3.63) is 35.4 Å². The Kier molecular flexibility index (Phi) is 4.49. The lowest BCUT2D eigenvalue weighted by atomic mass is 10.1. The van der Waals surface area contributed by atoms with E-state index in [0.717, 1.165) is 11.1 Å². The first kappa shape index (κ1) is 11.1. The van der Waals surface area contributed by atoms with Crippen LogP contribution in [0.2, 0.25) is 0 Å². The Morgan fingerprint density at radius 1 is 1.14 bits per heavy atom. The van der Waals surface area contributed by atoms with Crippen LogP contribution in [0, 0.1) is 0 Å². The smallest absolute Gasteiger partial charge is 0.250 e. The van der Waals surface area contributed by atoms with E-state index in [4.69, 9.17) is 5.73 Å². The minimum atomic E-state index is -2.29. The summed E-state index contributed by atoms with van der Waals surface area (Å²) >= 11 is 0. The largest absolute Gasteiger partial charge is 0.326 e. The highest BCUT2D eigenvalue weighted by molar-refractivity contribution is 5.22. The number of hydrogen-bond donors (Lipinski definition) is 2. The van der Waals surface area contributed by atoms with E-state index in [1.165, 1.54) is 0 Å². The highest BCUT2D eigenvalue weighted by atomic mass is 19.3. The fourth-order valence-corrected chi connectivity index (χ4v) is 1.12. The molecule has 0 saturated carbocycles. The first-order valence-electron chi connectivity index (χ1n) is 4.49. The zero-order chi connectivity index (χ0) is 10.4. The van der Waals surface area contributed by atoms with Crippen LogP contribution in [0.3, 0.4) is 0 Å². The summed E-state index contributed by atoms with van der Waals surface area (Å²) in [5.74, 6) is 0. The Hall–Kier alpha value is -1.00. The molecule has 0 unspecified atom stereocenters. The van der Waals surface area contributed by atoms with Crippen molar-refractivity contribution < 1.29 is 8.78 Å². The molecule has 0 aliphatic rings. The second kappa shape index (κ2) is 5.67. The lowest BCUT2D eigenvalue weighted by Gasteiger charge is -2.04. The minimum Gasteiger partial charge on any atom is -0.326 e. The number of benzene rings is 1. The molecule has 0 aromatic heterocycles. The van der Waals surface area contributed by atoms with Gasteiger partial charge in [-0.1, -0.05) is 24.3 Å². The van der Waals surface area contributed by atoms with Crippen LogP contribution in [0.25, 0.3) is 0 Å². The van der Waals surface area contributed by atoms with Crippen molar-refractivity contribution in [1.29, 1.82) is 0 Å². The average Bonchev–Trinajstić information content (AvgIpc) is 2.18. The molecule has 0 spiro atoms. The second-order valence-corrected chi connectivity index (χ2v) is 3.04. The van der Waals surface area contributed by atoms with Gasteiger partial charge in [-0.3, -0.25) is 0 Å². The first-order valence-corrected chi connectivity index (χ1v) is 4.49.